The van der Waals surface area contributed by atoms with Crippen molar-refractivity contribution < 1.29 is 19.8 Å². The van der Waals surface area contributed by atoms with E-state index in [9.17, 15) is 9.59 Å². The van der Waals surface area contributed by atoms with Gasteiger partial charge in [-0.1, -0.05) is 0 Å². The molecule has 1 fully saturated rings. The van der Waals surface area contributed by atoms with Gasteiger partial charge in [-0.2, -0.15) is 11.8 Å². The Bertz CT molecular complexity index is 281. The number of aliphatic hydroxyl groups excluding tert-OH is 1. The van der Waals surface area contributed by atoms with Crippen molar-refractivity contribution >= 4 is 23.8 Å². The smallest absolute Gasteiger partial charge is 0.328 e. The first-order valence-electron chi connectivity index (χ1n) is 4.96. The van der Waals surface area contributed by atoms with Crippen LogP contribution in [0.2, 0.25) is 0 Å². The first kappa shape index (κ1) is 13.1. The van der Waals surface area contributed by atoms with Crippen LogP contribution in [-0.2, 0) is 4.79 Å². The van der Waals surface area contributed by atoms with E-state index in [-0.39, 0.29) is 4.75 Å². The molecule has 0 aromatic rings. The second kappa shape index (κ2) is 5.40. The fourth-order valence-corrected chi connectivity index (χ4v) is 1.96. The summed E-state index contributed by atoms with van der Waals surface area (Å²) in [6, 6.07) is -1.80. The monoisotopic (exact) mass is 248 g/mol. The molecule has 0 heterocycles. The molecule has 1 atom stereocenters. The third-order valence-corrected chi connectivity index (χ3v) is 4.02. The first-order chi connectivity index (χ1) is 7.53. The topological polar surface area (TPSA) is 98.7 Å². The first-order valence-corrected chi connectivity index (χ1v) is 6.19. The van der Waals surface area contributed by atoms with Crippen molar-refractivity contribution in [2.45, 2.75) is 23.6 Å². The molecule has 0 radical (unpaired) electrons. The van der Waals surface area contributed by atoms with Crippen molar-refractivity contribution in [2.75, 3.05) is 19.4 Å². The molecule has 0 saturated heterocycles. The summed E-state index contributed by atoms with van der Waals surface area (Å²) >= 11 is 1.70. The van der Waals surface area contributed by atoms with Crippen LogP contribution in [0.5, 0.6) is 0 Å². The highest BCUT2D eigenvalue weighted by atomic mass is 32.2. The molecule has 0 aliphatic heterocycles. The number of amides is 2. The van der Waals surface area contributed by atoms with Gasteiger partial charge in [0.25, 0.3) is 0 Å². The lowest BCUT2D eigenvalue weighted by Crippen LogP contribution is -2.49. The van der Waals surface area contributed by atoms with Crippen LogP contribution >= 0.6 is 11.8 Å². The average Bonchev–Trinajstić information content (AvgIpc) is 3.03. The van der Waals surface area contributed by atoms with Crippen LogP contribution in [0.4, 0.5) is 4.79 Å². The molecule has 7 heteroatoms. The average molecular weight is 248 g/mol. The molecular weight excluding hydrogens is 232 g/mol. The fraction of sp³-hybridized carbons (Fsp3) is 0.778. The summed E-state index contributed by atoms with van der Waals surface area (Å²) in [4.78, 5) is 21.8. The predicted octanol–water partition coefficient (Wildman–Crippen LogP) is -0.373. The number of carboxylic acids is 1. The Morgan fingerprint density at radius 2 is 2.12 bits per heavy atom. The minimum absolute atomic E-state index is 0.134. The number of hydrogen-bond acceptors (Lipinski definition) is 4. The molecule has 1 rings (SSSR count). The predicted molar refractivity (Wildman–Crippen MR) is 60.5 cm³/mol. The largest absolute Gasteiger partial charge is 0.480 e. The molecule has 16 heavy (non-hydrogen) atoms. The third kappa shape index (κ3) is 3.57. The van der Waals surface area contributed by atoms with Crippen LogP contribution in [0, 0.1) is 0 Å². The minimum Gasteiger partial charge on any atom is -0.480 e. The lowest BCUT2D eigenvalue weighted by Gasteiger charge is -2.16. The molecular formula is C9H16N2O4S. The minimum atomic E-state index is -1.25. The molecule has 0 spiro atoms. The van der Waals surface area contributed by atoms with Crippen LogP contribution in [0.3, 0.4) is 0 Å². The number of carbonyl (C=O) groups is 2. The normalized spacial score (nSPS) is 18.6. The summed E-state index contributed by atoms with van der Waals surface area (Å²) < 4.78 is 0.134. The maximum Gasteiger partial charge on any atom is 0.328 e. The van der Waals surface area contributed by atoms with Crippen LogP contribution in [0.25, 0.3) is 0 Å². The maximum atomic E-state index is 11.3. The van der Waals surface area contributed by atoms with Crippen molar-refractivity contribution in [1.82, 2.24) is 10.6 Å². The van der Waals surface area contributed by atoms with Gasteiger partial charge in [0.15, 0.2) is 6.04 Å². The zero-order chi connectivity index (χ0) is 12.2. The molecule has 1 aliphatic carbocycles. The highest BCUT2D eigenvalue weighted by Gasteiger charge is 2.42. The number of carboxylic acid groups (broad SMARTS) is 1. The van der Waals surface area contributed by atoms with Crippen LogP contribution in [0.15, 0.2) is 0 Å². The number of aliphatic hydroxyl groups is 1. The van der Waals surface area contributed by atoms with Gasteiger partial charge in [0.2, 0.25) is 0 Å². The number of carbonyl (C=O) groups excluding carboxylic acids is 1. The van der Waals surface area contributed by atoms with E-state index in [1.165, 1.54) is 0 Å². The van der Waals surface area contributed by atoms with Crippen molar-refractivity contribution in [3.8, 4) is 0 Å². The summed E-state index contributed by atoms with van der Waals surface area (Å²) in [6.07, 6.45) is 4.12. The van der Waals surface area contributed by atoms with Gasteiger partial charge in [0.1, 0.15) is 0 Å². The van der Waals surface area contributed by atoms with Gasteiger partial charge in [-0.25, -0.2) is 9.59 Å². The van der Waals surface area contributed by atoms with E-state index in [1.807, 2.05) is 6.26 Å². The summed E-state index contributed by atoms with van der Waals surface area (Å²) in [6.45, 7) is -0.0891. The van der Waals surface area contributed by atoms with E-state index in [2.05, 4.69) is 10.6 Å². The maximum absolute atomic E-state index is 11.3. The van der Waals surface area contributed by atoms with E-state index in [4.69, 9.17) is 10.2 Å². The number of aliphatic carboxylic acids is 1. The summed E-state index contributed by atoms with van der Waals surface area (Å²) in [7, 11) is 0. The Balaban J connectivity index is 2.27. The van der Waals surface area contributed by atoms with Crippen LogP contribution in [0.1, 0.15) is 12.8 Å². The molecule has 0 unspecified atom stereocenters. The molecule has 1 aliphatic rings. The summed E-state index contributed by atoms with van der Waals surface area (Å²) in [5.41, 5.74) is 0. The van der Waals surface area contributed by atoms with Gasteiger partial charge in [-0.15, -0.1) is 0 Å². The fourth-order valence-electron chi connectivity index (χ4n) is 1.23. The second-order valence-electron chi connectivity index (χ2n) is 3.79. The molecule has 4 N–H and O–H groups in total. The Labute approximate surface area is 97.8 Å². The Morgan fingerprint density at radius 1 is 1.50 bits per heavy atom. The number of nitrogens with one attached hydrogen (secondary N) is 2. The highest BCUT2D eigenvalue weighted by molar-refractivity contribution is 8.00. The number of hydrogen-bond donors (Lipinski definition) is 4. The van der Waals surface area contributed by atoms with Gasteiger partial charge in [0.05, 0.1) is 6.61 Å². The molecule has 1 saturated carbocycles. The zero-order valence-electron chi connectivity index (χ0n) is 9.02. The van der Waals surface area contributed by atoms with Crippen LogP contribution < -0.4 is 10.6 Å². The van der Waals surface area contributed by atoms with Crippen molar-refractivity contribution in [3.63, 3.8) is 0 Å². The van der Waals surface area contributed by atoms with Crippen molar-refractivity contribution in [1.29, 1.82) is 0 Å². The van der Waals surface area contributed by atoms with Gasteiger partial charge < -0.3 is 20.8 Å². The highest BCUT2D eigenvalue weighted by Crippen LogP contribution is 2.46. The third-order valence-electron chi connectivity index (χ3n) is 2.60. The van der Waals surface area contributed by atoms with E-state index in [0.717, 1.165) is 12.8 Å². The van der Waals surface area contributed by atoms with E-state index >= 15 is 0 Å². The van der Waals surface area contributed by atoms with Gasteiger partial charge >= 0.3 is 12.0 Å². The molecule has 0 aromatic heterocycles. The SMILES string of the molecule is CSC1(CNC(=O)N[C@H](CO)C(=O)O)CC1. The van der Waals surface area contributed by atoms with E-state index < -0.39 is 24.6 Å². The van der Waals surface area contributed by atoms with Crippen molar-refractivity contribution in [3.05, 3.63) is 0 Å². The molecule has 2 amide bonds. The van der Waals surface area contributed by atoms with Crippen LogP contribution in [-0.4, -0.2) is 52.4 Å². The van der Waals surface area contributed by atoms with Gasteiger partial charge in [0, 0.05) is 11.3 Å². The molecule has 6 nitrogen and oxygen atoms in total. The molecule has 92 valence electrons. The standard InChI is InChI=1S/C9H16N2O4S/c1-16-9(2-3-9)5-10-8(15)11-6(4-12)7(13)14/h6,12H,2-5H2,1H3,(H,13,14)(H2,10,11,15)/t6-/m1/s1. The molecule has 0 aromatic carbocycles. The quantitative estimate of drug-likeness (QED) is 0.514. The van der Waals surface area contributed by atoms with Gasteiger partial charge in [-0.05, 0) is 19.1 Å². The van der Waals surface area contributed by atoms with Crippen molar-refractivity contribution in [2.24, 2.45) is 0 Å². The lowest BCUT2D eigenvalue weighted by molar-refractivity contribution is -0.140. The number of rotatable bonds is 6. The van der Waals surface area contributed by atoms with E-state index in [1.54, 1.807) is 11.8 Å². The number of thioether (sulfide) groups is 1. The number of urea groups is 1. The van der Waals surface area contributed by atoms with Gasteiger partial charge in [-0.3, -0.25) is 0 Å². The Morgan fingerprint density at radius 3 is 2.50 bits per heavy atom. The second-order valence-corrected chi connectivity index (χ2v) is 5.06. The summed E-state index contributed by atoms with van der Waals surface area (Å²) in [5, 5.41) is 22.1. The Kier molecular flexibility index (Phi) is 4.43. The summed E-state index contributed by atoms with van der Waals surface area (Å²) in [5.74, 6) is -1.25. The zero-order valence-corrected chi connectivity index (χ0v) is 9.84. The lowest BCUT2D eigenvalue weighted by atomic mass is 10.3. The van der Waals surface area contributed by atoms with E-state index in [0.29, 0.717) is 6.54 Å². The molecule has 0 bridgehead atoms. The Hall–Kier alpha value is -0.950.